The van der Waals surface area contributed by atoms with Gasteiger partial charge in [-0.3, -0.25) is 15.3 Å². The number of hydrazine groups is 1. The quantitative estimate of drug-likeness (QED) is 0.615. The van der Waals surface area contributed by atoms with Gasteiger partial charge in [0.25, 0.3) is 0 Å². The van der Waals surface area contributed by atoms with Crippen LogP contribution in [0.3, 0.4) is 0 Å². The van der Waals surface area contributed by atoms with Gasteiger partial charge in [-0.2, -0.15) is 0 Å². The lowest BCUT2D eigenvalue weighted by Crippen LogP contribution is -2.22. The van der Waals surface area contributed by atoms with Crippen molar-refractivity contribution in [2.24, 2.45) is 5.84 Å². The largest absolute Gasteiger partial charge is 0.300 e. The van der Waals surface area contributed by atoms with Crippen LogP contribution in [-0.4, -0.2) is 21.4 Å². The van der Waals surface area contributed by atoms with Crippen LogP contribution in [0.2, 0.25) is 0 Å². The SMILES string of the molecule is CCN(Cc1ccccn1)Cc1cnc(NN)s1. The number of pyridine rings is 1. The molecule has 2 heterocycles. The van der Waals surface area contributed by atoms with Gasteiger partial charge < -0.3 is 0 Å². The Bertz CT molecular complexity index is 470. The highest BCUT2D eigenvalue weighted by Gasteiger charge is 2.08. The molecule has 0 saturated carbocycles. The molecule has 0 fully saturated rings. The van der Waals surface area contributed by atoms with Crippen LogP contribution in [0.1, 0.15) is 17.5 Å². The summed E-state index contributed by atoms with van der Waals surface area (Å²) in [6.07, 6.45) is 3.69. The number of hydrogen-bond acceptors (Lipinski definition) is 6. The van der Waals surface area contributed by atoms with E-state index in [9.17, 15) is 0 Å². The lowest BCUT2D eigenvalue weighted by molar-refractivity contribution is 0.270. The van der Waals surface area contributed by atoms with Crippen molar-refractivity contribution in [3.8, 4) is 0 Å². The summed E-state index contributed by atoms with van der Waals surface area (Å²) in [6.45, 7) is 4.83. The molecule has 0 amide bonds. The summed E-state index contributed by atoms with van der Waals surface area (Å²) in [5.74, 6) is 5.32. The Morgan fingerprint density at radius 3 is 2.83 bits per heavy atom. The van der Waals surface area contributed by atoms with E-state index in [0.717, 1.165) is 30.5 Å². The molecule has 6 heteroatoms. The summed E-state index contributed by atoms with van der Waals surface area (Å²) in [7, 11) is 0. The third kappa shape index (κ3) is 3.49. The van der Waals surface area contributed by atoms with Crippen molar-refractivity contribution in [1.29, 1.82) is 0 Å². The van der Waals surface area contributed by atoms with Crippen LogP contribution in [0.25, 0.3) is 0 Å². The Labute approximate surface area is 111 Å². The van der Waals surface area contributed by atoms with Crippen LogP contribution in [0.4, 0.5) is 5.13 Å². The highest BCUT2D eigenvalue weighted by Crippen LogP contribution is 2.19. The van der Waals surface area contributed by atoms with Crippen molar-refractivity contribution in [3.63, 3.8) is 0 Å². The second-order valence-electron chi connectivity index (χ2n) is 3.90. The second-order valence-corrected chi connectivity index (χ2v) is 5.02. The van der Waals surface area contributed by atoms with E-state index < -0.39 is 0 Å². The molecule has 0 bridgehead atoms. The number of nitrogens with two attached hydrogens (primary N) is 1. The summed E-state index contributed by atoms with van der Waals surface area (Å²) in [5, 5.41) is 0.749. The Kier molecular flexibility index (Phi) is 4.63. The van der Waals surface area contributed by atoms with Gasteiger partial charge in [-0.15, -0.1) is 0 Å². The number of anilines is 1. The van der Waals surface area contributed by atoms with E-state index in [2.05, 4.69) is 27.2 Å². The molecule has 18 heavy (non-hydrogen) atoms. The van der Waals surface area contributed by atoms with Crippen molar-refractivity contribution >= 4 is 16.5 Å². The fourth-order valence-corrected chi connectivity index (χ4v) is 2.43. The predicted octanol–water partition coefficient (Wildman–Crippen LogP) is 1.85. The summed E-state index contributed by atoms with van der Waals surface area (Å²) < 4.78 is 0. The van der Waals surface area contributed by atoms with Gasteiger partial charge in [-0.25, -0.2) is 10.8 Å². The minimum absolute atomic E-state index is 0.749. The van der Waals surface area contributed by atoms with Crippen molar-refractivity contribution < 1.29 is 0 Å². The lowest BCUT2D eigenvalue weighted by Gasteiger charge is -2.18. The monoisotopic (exact) mass is 263 g/mol. The van der Waals surface area contributed by atoms with Gasteiger partial charge in [-0.05, 0) is 18.7 Å². The van der Waals surface area contributed by atoms with E-state index in [1.54, 1.807) is 11.3 Å². The zero-order valence-electron chi connectivity index (χ0n) is 10.3. The number of thiazole rings is 1. The summed E-state index contributed by atoms with van der Waals surface area (Å²) in [5.41, 5.74) is 3.65. The van der Waals surface area contributed by atoms with Gasteiger partial charge in [-0.1, -0.05) is 24.3 Å². The zero-order valence-corrected chi connectivity index (χ0v) is 11.2. The van der Waals surface area contributed by atoms with Gasteiger partial charge in [0.15, 0.2) is 5.13 Å². The fourth-order valence-electron chi connectivity index (χ4n) is 1.67. The van der Waals surface area contributed by atoms with Crippen LogP contribution in [0, 0.1) is 0 Å². The maximum Gasteiger partial charge on any atom is 0.197 e. The molecule has 96 valence electrons. The van der Waals surface area contributed by atoms with Gasteiger partial charge in [0.1, 0.15) is 0 Å². The number of nitrogen functional groups attached to an aromatic ring is 1. The molecule has 0 unspecified atom stereocenters. The highest BCUT2D eigenvalue weighted by molar-refractivity contribution is 7.15. The zero-order chi connectivity index (χ0) is 12.8. The normalized spacial score (nSPS) is 10.8. The smallest absolute Gasteiger partial charge is 0.197 e. The first-order chi connectivity index (χ1) is 8.81. The maximum atomic E-state index is 5.32. The molecule has 2 rings (SSSR count). The molecule has 2 aromatic rings. The van der Waals surface area contributed by atoms with Crippen molar-refractivity contribution in [2.45, 2.75) is 20.0 Å². The minimum atomic E-state index is 0.749. The molecular formula is C12H17N5S. The van der Waals surface area contributed by atoms with Gasteiger partial charge in [0.2, 0.25) is 0 Å². The molecule has 0 atom stereocenters. The van der Waals surface area contributed by atoms with E-state index in [1.807, 2.05) is 30.6 Å². The standard InChI is InChI=1S/C12H17N5S/c1-2-17(8-10-5-3-4-6-14-10)9-11-7-15-12(16-13)18-11/h3-7H,2,8-9,13H2,1H3,(H,15,16). The van der Waals surface area contributed by atoms with Crippen molar-refractivity contribution in [2.75, 3.05) is 12.0 Å². The first kappa shape index (κ1) is 12.9. The predicted molar refractivity (Wildman–Crippen MR) is 73.9 cm³/mol. The van der Waals surface area contributed by atoms with E-state index in [4.69, 9.17) is 5.84 Å². The molecule has 0 saturated heterocycles. The number of aromatic nitrogens is 2. The van der Waals surface area contributed by atoms with Crippen LogP contribution >= 0.6 is 11.3 Å². The molecule has 0 spiro atoms. The fraction of sp³-hybridized carbons (Fsp3) is 0.333. The van der Waals surface area contributed by atoms with E-state index in [0.29, 0.717) is 0 Å². The maximum absolute atomic E-state index is 5.32. The second kappa shape index (κ2) is 6.44. The lowest BCUT2D eigenvalue weighted by atomic mass is 10.3. The molecule has 5 nitrogen and oxygen atoms in total. The molecule has 0 aromatic carbocycles. The minimum Gasteiger partial charge on any atom is -0.300 e. The average molecular weight is 263 g/mol. The topological polar surface area (TPSA) is 67.1 Å². The first-order valence-electron chi connectivity index (χ1n) is 5.85. The van der Waals surface area contributed by atoms with Crippen molar-refractivity contribution in [1.82, 2.24) is 14.9 Å². The highest BCUT2D eigenvalue weighted by atomic mass is 32.1. The molecule has 0 radical (unpaired) electrons. The third-order valence-corrected chi connectivity index (χ3v) is 3.53. The molecule has 0 aliphatic carbocycles. The van der Waals surface area contributed by atoms with Crippen LogP contribution in [0.15, 0.2) is 30.6 Å². The molecule has 3 N–H and O–H groups in total. The molecule has 0 aliphatic rings. The number of hydrogen-bond donors (Lipinski definition) is 2. The Morgan fingerprint density at radius 1 is 1.33 bits per heavy atom. The molecule has 0 aliphatic heterocycles. The van der Waals surface area contributed by atoms with Gasteiger partial charge >= 0.3 is 0 Å². The van der Waals surface area contributed by atoms with E-state index >= 15 is 0 Å². The summed E-state index contributed by atoms with van der Waals surface area (Å²) in [4.78, 5) is 12.0. The van der Waals surface area contributed by atoms with Crippen molar-refractivity contribution in [3.05, 3.63) is 41.2 Å². The number of nitrogens with one attached hydrogen (secondary N) is 1. The first-order valence-corrected chi connectivity index (χ1v) is 6.67. The number of rotatable bonds is 6. The summed E-state index contributed by atoms with van der Waals surface area (Å²) >= 11 is 1.58. The van der Waals surface area contributed by atoms with E-state index in [1.165, 1.54) is 4.88 Å². The average Bonchev–Trinajstić information content (AvgIpc) is 2.87. The Balaban J connectivity index is 1.97. The number of nitrogens with zero attached hydrogens (tertiary/aromatic N) is 3. The Morgan fingerprint density at radius 2 is 2.22 bits per heavy atom. The van der Waals surface area contributed by atoms with Crippen LogP contribution < -0.4 is 11.3 Å². The molecule has 2 aromatic heterocycles. The summed E-state index contributed by atoms with van der Waals surface area (Å²) in [6, 6.07) is 5.99. The Hall–Kier alpha value is -1.50. The van der Waals surface area contributed by atoms with Crippen LogP contribution in [0.5, 0.6) is 0 Å². The third-order valence-electron chi connectivity index (χ3n) is 2.62. The van der Waals surface area contributed by atoms with E-state index in [-0.39, 0.29) is 0 Å². The molecular weight excluding hydrogens is 246 g/mol. The van der Waals surface area contributed by atoms with Gasteiger partial charge in [0.05, 0.1) is 5.69 Å². The van der Waals surface area contributed by atoms with Gasteiger partial charge in [0, 0.05) is 30.4 Å². The van der Waals surface area contributed by atoms with Crippen LogP contribution in [-0.2, 0) is 13.1 Å².